The lowest BCUT2D eigenvalue weighted by Crippen LogP contribution is -2.39. The summed E-state index contributed by atoms with van der Waals surface area (Å²) in [5.74, 6) is 1.18. The third-order valence-corrected chi connectivity index (χ3v) is 4.10. The van der Waals surface area contributed by atoms with E-state index < -0.39 is 0 Å². The Morgan fingerprint density at radius 3 is 2.71 bits per heavy atom. The van der Waals surface area contributed by atoms with Gasteiger partial charge < -0.3 is 15.8 Å². The number of ether oxygens (including phenoxy) is 1. The molecule has 2 saturated carbocycles. The Morgan fingerprint density at radius 2 is 2.00 bits per heavy atom. The predicted molar refractivity (Wildman–Crippen MR) is 70.0 cm³/mol. The summed E-state index contributed by atoms with van der Waals surface area (Å²) in [6.07, 6.45) is 9.15. The average Bonchev–Trinajstić information content (AvgIpc) is 2.96. The normalized spacial score (nSPS) is 31.0. The van der Waals surface area contributed by atoms with Crippen molar-refractivity contribution in [2.75, 3.05) is 13.7 Å². The number of nitrogens with one attached hydrogen (secondary N) is 1. The molecule has 2 fully saturated rings. The summed E-state index contributed by atoms with van der Waals surface area (Å²) in [5.41, 5.74) is 5.92. The van der Waals surface area contributed by atoms with E-state index in [1.54, 1.807) is 7.11 Å². The first-order chi connectivity index (χ1) is 8.29. The molecule has 17 heavy (non-hydrogen) atoms. The van der Waals surface area contributed by atoms with Crippen LogP contribution in [0, 0.1) is 5.92 Å². The maximum atomic E-state index is 5.92. The monoisotopic (exact) mass is 239 g/mol. The van der Waals surface area contributed by atoms with Crippen LogP contribution in [-0.2, 0) is 4.74 Å². The second kappa shape index (κ2) is 6.24. The van der Waals surface area contributed by atoms with Gasteiger partial charge in [-0.05, 0) is 25.7 Å². The molecule has 0 aromatic rings. The molecule has 2 aliphatic carbocycles. The van der Waals surface area contributed by atoms with Gasteiger partial charge >= 0.3 is 0 Å². The van der Waals surface area contributed by atoms with E-state index in [1.807, 2.05) is 0 Å². The van der Waals surface area contributed by atoms with Gasteiger partial charge in [-0.15, -0.1) is 0 Å². The Morgan fingerprint density at radius 1 is 1.24 bits per heavy atom. The van der Waals surface area contributed by atoms with Crippen molar-refractivity contribution in [3.63, 3.8) is 0 Å². The predicted octanol–water partition coefficient (Wildman–Crippen LogP) is 1.65. The number of aliphatic imine (C=N–C) groups is 1. The van der Waals surface area contributed by atoms with Crippen molar-refractivity contribution in [3.8, 4) is 0 Å². The van der Waals surface area contributed by atoms with Gasteiger partial charge in [0.25, 0.3) is 0 Å². The quantitative estimate of drug-likeness (QED) is 0.579. The molecular formula is C13H25N3O. The van der Waals surface area contributed by atoms with Gasteiger partial charge in [0.2, 0.25) is 0 Å². The second-order valence-electron chi connectivity index (χ2n) is 5.32. The molecule has 0 bridgehead atoms. The number of rotatable bonds is 4. The van der Waals surface area contributed by atoms with Crippen LogP contribution in [0.15, 0.2) is 4.99 Å². The van der Waals surface area contributed by atoms with Crippen molar-refractivity contribution < 1.29 is 4.74 Å². The van der Waals surface area contributed by atoms with Crippen molar-refractivity contribution in [2.45, 2.75) is 57.1 Å². The van der Waals surface area contributed by atoms with Crippen LogP contribution in [0.3, 0.4) is 0 Å². The maximum Gasteiger partial charge on any atom is 0.188 e. The molecule has 98 valence electrons. The number of hydrogen-bond donors (Lipinski definition) is 2. The lowest BCUT2D eigenvalue weighted by atomic mass is 10.1. The van der Waals surface area contributed by atoms with Crippen LogP contribution in [0.2, 0.25) is 0 Å². The van der Waals surface area contributed by atoms with Gasteiger partial charge in [0, 0.05) is 25.6 Å². The fourth-order valence-electron chi connectivity index (χ4n) is 3.06. The number of nitrogens with zero attached hydrogens (tertiary/aromatic N) is 1. The van der Waals surface area contributed by atoms with Crippen LogP contribution >= 0.6 is 0 Å². The molecule has 0 heterocycles. The van der Waals surface area contributed by atoms with Gasteiger partial charge in [-0.3, -0.25) is 4.99 Å². The number of hydrogen-bond acceptors (Lipinski definition) is 2. The van der Waals surface area contributed by atoms with Gasteiger partial charge in [-0.25, -0.2) is 0 Å². The van der Waals surface area contributed by atoms with Gasteiger partial charge in [0.05, 0.1) is 6.10 Å². The third-order valence-electron chi connectivity index (χ3n) is 4.10. The number of nitrogens with two attached hydrogens (primary N) is 1. The highest BCUT2D eigenvalue weighted by Crippen LogP contribution is 2.27. The molecule has 0 aromatic carbocycles. The first-order valence-electron chi connectivity index (χ1n) is 6.89. The van der Waals surface area contributed by atoms with Gasteiger partial charge in [0.1, 0.15) is 0 Å². The van der Waals surface area contributed by atoms with E-state index in [4.69, 9.17) is 10.5 Å². The molecule has 0 saturated heterocycles. The van der Waals surface area contributed by atoms with Gasteiger partial charge in [0.15, 0.2) is 5.96 Å². The first kappa shape index (κ1) is 12.7. The van der Waals surface area contributed by atoms with E-state index in [1.165, 1.54) is 44.9 Å². The van der Waals surface area contributed by atoms with Crippen molar-refractivity contribution in [2.24, 2.45) is 16.6 Å². The largest absolute Gasteiger partial charge is 0.381 e. The molecule has 0 spiro atoms. The van der Waals surface area contributed by atoms with Crippen molar-refractivity contribution in [3.05, 3.63) is 0 Å². The van der Waals surface area contributed by atoms with E-state index in [9.17, 15) is 0 Å². The van der Waals surface area contributed by atoms with Crippen LogP contribution in [0.25, 0.3) is 0 Å². The Kier molecular flexibility index (Phi) is 4.66. The van der Waals surface area contributed by atoms with E-state index in [0.29, 0.717) is 24.0 Å². The average molecular weight is 239 g/mol. The lowest BCUT2D eigenvalue weighted by molar-refractivity contribution is 0.0742. The minimum absolute atomic E-state index is 0.387. The Labute approximate surface area is 104 Å². The van der Waals surface area contributed by atoms with Crippen LogP contribution in [-0.4, -0.2) is 31.8 Å². The van der Waals surface area contributed by atoms with Gasteiger partial charge in [-0.2, -0.15) is 0 Å². The Balaban J connectivity index is 1.74. The molecule has 2 atom stereocenters. The maximum absolute atomic E-state index is 5.92. The molecule has 2 unspecified atom stereocenters. The van der Waals surface area contributed by atoms with Crippen LogP contribution in [0.5, 0.6) is 0 Å². The highest BCUT2D eigenvalue weighted by atomic mass is 16.5. The molecule has 4 heteroatoms. The van der Waals surface area contributed by atoms with Crippen LogP contribution in [0.1, 0.15) is 44.9 Å². The summed E-state index contributed by atoms with van der Waals surface area (Å²) >= 11 is 0. The zero-order chi connectivity index (χ0) is 12.1. The molecule has 4 nitrogen and oxygen atoms in total. The fourth-order valence-corrected chi connectivity index (χ4v) is 3.06. The Hall–Kier alpha value is -0.770. The molecule has 2 aliphatic rings. The zero-order valence-corrected chi connectivity index (χ0v) is 10.8. The standard InChI is InChI=1S/C13H25N3O/c1-17-12-8-4-5-10(12)9-15-13(14)16-11-6-2-3-7-11/h10-12H,2-9H2,1H3,(H3,14,15,16). The smallest absolute Gasteiger partial charge is 0.188 e. The number of guanidine groups is 1. The summed E-state index contributed by atoms with van der Waals surface area (Å²) in [6, 6.07) is 0.556. The SMILES string of the molecule is COC1CCCC1CN=C(N)NC1CCCC1. The first-order valence-corrected chi connectivity index (χ1v) is 6.89. The molecule has 0 amide bonds. The summed E-state index contributed by atoms with van der Waals surface area (Å²) in [6.45, 7) is 0.810. The number of methoxy groups -OCH3 is 1. The fraction of sp³-hybridized carbons (Fsp3) is 0.923. The van der Waals surface area contributed by atoms with Crippen molar-refractivity contribution in [1.29, 1.82) is 0 Å². The highest BCUT2D eigenvalue weighted by molar-refractivity contribution is 5.78. The molecule has 0 aliphatic heterocycles. The summed E-state index contributed by atoms with van der Waals surface area (Å²) < 4.78 is 5.46. The van der Waals surface area contributed by atoms with Gasteiger partial charge in [-0.1, -0.05) is 19.3 Å². The molecule has 3 N–H and O–H groups in total. The second-order valence-corrected chi connectivity index (χ2v) is 5.32. The van der Waals surface area contributed by atoms with Crippen LogP contribution in [0.4, 0.5) is 0 Å². The van der Waals surface area contributed by atoms with Crippen molar-refractivity contribution in [1.82, 2.24) is 5.32 Å². The summed E-state index contributed by atoms with van der Waals surface area (Å²) in [7, 11) is 1.80. The summed E-state index contributed by atoms with van der Waals surface area (Å²) in [4.78, 5) is 4.47. The minimum Gasteiger partial charge on any atom is -0.381 e. The lowest BCUT2D eigenvalue weighted by Gasteiger charge is -2.17. The molecule has 0 aromatic heterocycles. The zero-order valence-electron chi connectivity index (χ0n) is 10.8. The Bertz CT molecular complexity index is 261. The van der Waals surface area contributed by atoms with E-state index in [0.717, 1.165) is 6.54 Å². The molecule has 2 rings (SSSR count). The van der Waals surface area contributed by atoms with Crippen molar-refractivity contribution >= 4 is 5.96 Å². The van der Waals surface area contributed by atoms with E-state index in [-0.39, 0.29) is 0 Å². The molecular weight excluding hydrogens is 214 g/mol. The topological polar surface area (TPSA) is 59.6 Å². The van der Waals surface area contributed by atoms with E-state index in [2.05, 4.69) is 10.3 Å². The molecule has 0 radical (unpaired) electrons. The highest BCUT2D eigenvalue weighted by Gasteiger charge is 2.26. The van der Waals surface area contributed by atoms with Crippen LogP contribution < -0.4 is 11.1 Å². The van der Waals surface area contributed by atoms with E-state index >= 15 is 0 Å². The minimum atomic E-state index is 0.387. The third kappa shape index (κ3) is 3.60. The summed E-state index contributed by atoms with van der Waals surface area (Å²) in [5, 5.41) is 3.32.